The Hall–Kier alpha value is -2.01. The van der Waals surface area contributed by atoms with Gasteiger partial charge in [-0.1, -0.05) is 12.1 Å². The molecule has 1 aromatic rings. The molecule has 0 bridgehead atoms. The Morgan fingerprint density at radius 1 is 1.12 bits per heavy atom. The van der Waals surface area contributed by atoms with Gasteiger partial charge in [0.25, 0.3) is 11.8 Å². The Morgan fingerprint density at radius 2 is 1.71 bits per heavy atom. The molecule has 1 heterocycles. The highest BCUT2D eigenvalue weighted by Gasteiger charge is 2.36. The van der Waals surface area contributed by atoms with E-state index < -0.39 is 11.8 Å². The van der Waals surface area contributed by atoms with Crippen LogP contribution in [0.25, 0.3) is 0 Å². The van der Waals surface area contributed by atoms with Crippen LogP contribution in [0.3, 0.4) is 0 Å². The molecule has 1 aromatic carbocycles. The minimum absolute atomic E-state index is 0.171. The molecule has 2 rings (SSSR count). The molecule has 5 heteroatoms. The van der Waals surface area contributed by atoms with E-state index in [1.165, 1.54) is 0 Å². The first-order chi connectivity index (χ1) is 8.25. The van der Waals surface area contributed by atoms with Gasteiger partial charge < -0.3 is 4.79 Å². The predicted molar refractivity (Wildman–Crippen MR) is 58.2 cm³/mol. The summed E-state index contributed by atoms with van der Waals surface area (Å²) in [6.45, 7) is 0.171. The summed E-state index contributed by atoms with van der Waals surface area (Å²) in [5.41, 5.74) is 0.709. The van der Waals surface area contributed by atoms with Gasteiger partial charge in [-0.05, 0) is 18.6 Å². The van der Waals surface area contributed by atoms with Crippen molar-refractivity contribution in [1.82, 2.24) is 5.06 Å². The van der Waals surface area contributed by atoms with Crippen molar-refractivity contribution in [2.24, 2.45) is 0 Å². The summed E-state index contributed by atoms with van der Waals surface area (Å²) in [4.78, 5) is 38.8. The third-order valence-electron chi connectivity index (χ3n) is 2.44. The molecule has 0 atom stereocenters. The van der Waals surface area contributed by atoms with E-state index in [0.717, 1.165) is 11.3 Å². The van der Waals surface area contributed by atoms with Crippen molar-refractivity contribution < 1.29 is 19.2 Å². The average molecular weight is 233 g/mol. The second kappa shape index (κ2) is 4.88. The molecular formula is C12H11NO4. The second-order valence-corrected chi connectivity index (χ2v) is 3.59. The number of fused-ring (bicyclic) bond motifs is 1. The fourth-order valence-corrected chi connectivity index (χ4v) is 1.61. The summed E-state index contributed by atoms with van der Waals surface area (Å²) < 4.78 is 0. The van der Waals surface area contributed by atoms with Crippen molar-refractivity contribution in [1.29, 1.82) is 0 Å². The SMILES string of the molecule is O=CCCCON1C(=O)c2ccccc2C1=O. The second-order valence-electron chi connectivity index (χ2n) is 3.59. The van der Waals surface area contributed by atoms with Crippen molar-refractivity contribution in [3.63, 3.8) is 0 Å². The molecule has 0 unspecified atom stereocenters. The zero-order chi connectivity index (χ0) is 12.3. The van der Waals surface area contributed by atoms with Crippen LogP contribution in [0.2, 0.25) is 0 Å². The number of rotatable bonds is 5. The maximum atomic E-state index is 11.8. The first-order valence-electron chi connectivity index (χ1n) is 5.30. The fraction of sp³-hybridized carbons (Fsp3) is 0.250. The van der Waals surface area contributed by atoms with Gasteiger partial charge in [0.1, 0.15) is 6.29 Å². The van der Waals surface area contributed by atoms with Crippen molar-refractivity contribution in [3.8, 4) is 0 Å². The summed E-state index contributed by atoms with van der Waals surface area (Å²) in [6, 6.07) is 6.56. The molecule has 0 fully saturated rings. The van der Waals surface area contributed by atoms with E-state index in [1.807, 2.05) is 0 Å². The van der Waals surface area contributed by atoms with Gasteiger partial charge >= 0.3 is 0 Å². The number of benzene rings is 1. The molecule has 0 N–H and O–H groups in total. The van der Waals surface area contributed by atoms with Crippen LogP contribution in [0, 0.1) is 0 Å². The average Bonchev–Trinajstić information content (AvgIpc) is 2.60. The number of imide groups is 1. The lowest BCUT2D eigenvalue weighted by molar-refractivity contribution is -0.110. The van der Waals surface area contributed by atoms with Crippen LogP contribution in [-0.2, 0) is 9.63 Å². The number of hydrogen-bond acceptors (Lipinski definition) is 4. The molecular weight excluding hydrogens is 222 g/mol. The Morgan fingerprint density at radius 3 is 2.24 bits per heavy atom. The number of unbranched alkanes of at least 4 members (excludes halogenated alkanes) is 1. The molecule has 1 aliphatic heterocycles. The van der Waals surface area contributed by atoms with E-state index in [9.17, 15) is 14.4 Å². The largest absolute Gasteiger partial charge is 0.303 e. The molecule has 17 heavy (non-hydrogen) atoms. The van der Waals surface area contributed by atoms with Gasteiger partial charge in [-0.3, -0.25) is 14.4 Å². The summed E-state index contributed by atoms with van der Waals surface area (Å²) in [7, 11) is 0. The number of aldehydes is 1. The Kier molecular flexibility index (Phi) is 3.30. The third-order valence-corrected chi connectivity index (χ3v) is 2.44. The molecule has 0 radical (unpaired) electrons. The van der Waals surface area contributed by atoms with E-state index in [2.05, 4.69) is 0 Å². The highest BCUT2D eigenvalue weighted by Crippen LogP contribution is 2.22. The number of carbonyl (C=O) groups is 3. The normalized spacial score (nSPS) is 14.0. The molecule has 0 saturated carbocycles. The molecule has 0 aliphatic carbocycles. The van der Waals surface area contributed by atoms with E-state index in [-0.39, 0.29) is 6.61 Å². The van der Waals surface area contributed by atoms with Crippen molar-refractivity contribution >= 4 is 18.1 Å². The van der Waals surface area contributed by atoms with Gasteiger partial charge in [0.05, 0.1) is 17.7 Å². The van der Waals surface area contributed by atoms with Crippen LogP contribution >= 0.6 is 0 Å². The Balaban J connectivity index is 2.05. The van der Waals surface area contributed by atoms with Crippen LogP contribution in [-0.4, -0.2) is 29.8 Å². The van der Waals surface area contributed by atoms with Gasteiger partial charge in [0, 0.05) is 6.42 Å². The van der Waals surface area contributed by atoms with Gasteiger partial charge in [-0.15, -0.1) is 5.06 Å². The van der Waals surface area contributed by atoms with E-state index >= 15 is 0 Å². The van der Waals surface area contributed by atoms with Gasteiger partial charge in [0.15, 0.2) is 0 Å². The van der Waals surface area contributed by atoms with Gasteiger partial charge in [0.2, 0.25) is 0 Å². The zero-order valence-electron chi connectivity index (χ0n) is 9.09. The lowest BCUT2D eigenvalue weighted by Gasteiger charge is -2.12. The quantitative estimate of drug-likeness (QED) is 0.435. The van der Waals surface area contributed by atoms with Crippen molar-refractivity contribution in [2.45, 2.75) is 12.8 Å². The summed E-state index contributed by atoms with van der Waals surface area (Å²) in [6.07, 6.45) is 1.60. The summed E-state index contributed by atoms with van der Waals surface area (Å²) >= 11 is 0. The fourth-order valence-electron chi connectivity index (χ4n) is 1.61. The summed E-state index contributed by atoms with van der Waals surface area (Å²) in [5, 5.41) is 0.759. The first kappa shape index (κ1) is 11.5. The molecule has 88 valence electrons. The maximum absolute atomic E-state index is 11.8. The molecule has 0 saturated heterocycles. The highest BCUT2D eigenvalue weighted by atomic mass is 16.7. The Bertz CT molecular complexity index is 434. The number of amides is 2. The highest BCUT2D eigenvalue weighted by molar-refractivity contribution is 6.20. The number of nitrogens with zero attached hydrogens (tertiary/aromatic N) is 1. The molecule has 0 spiro atoms. The smallest absolute Gasteiger partial charge is 0.285 e. The van der Waals surface area contributed by atoms with Crippen molar-refractivity contribution in [2.75, 3.05) is 6.61 Å². The minimum Gasteiger partial charge on any atom is -0.303 e. The lowest BCUT2D eigenvalue weighted by atomic mass is 10.1. The molecule has 5 nitrogen and oxygen atoms in total. The Labute approximate surface area is 97.9 Å². The van der Waals surface area contributed by atoms with Crippen LogP contribution in [0.4, 0.5) is 0 Å². The monoisotopic (exact) mass is 233 g/mol. The van der Waals surface area contributed by atoms with E-state index in [0.29, 0.717) is 24.0 Å². The van der Waals surface area contributed by atoms with Crippen LogP contribution < -0.4 is 0 Å². The zero-order valence-corrected chi connectivity index (χ0v) is 9.09. The van der Waals surface area contributed by atoms with Crippen LogP contribution in [0.5, 0.6) is 0 Å². The van der Waals surface area contributed by atoms with Gasteiger partial charge in [-0.2, -0.15) is 0 Å². The minimum atomic E-state index is -0.447. The lowest BCUT2D eigenvalue weighted by Crippen LogP contribution is -2.30. The predicted octanol–water partition coefficient (Wildman–Crippen LogP) is 1.19. The number of hydroxylamine groups is 2. The standard InChI is InChI=1S/C12H11NO4/c14-7-3-4-8-17-13-11(15)9-5-1-2-6-10(9)12(13)16/h1-2,5-7H,3-4,8H2. The number of hydrogen-bond donors (Lipinski definition) is 0. The van der Waals surface area contributed by atoms with Gasteiger partial charge in [-0.25, -0.2) is 0 Å². The van der Waals surface area contributed by atoms with E-state index in [1.54, 1.807) is 24.3 Å². The molecule has 1 aliphatic rings. The maximum Gasteiger partial charge on any atom is 0.285 e. The van der Waals surface area contributed by atoms with Crippen molar-refractivity contribution in [3.05, 3.63) is 35.4 Å². The molecule has 2 amide bonds. The van der Waals surface area contributed by atoms with E-state index in [4.69, 9.17) is 4.84 Å². The third kappa shape index (κ3) is 2.09. The topological polar surface area (TPSA) is 63.7 Å². The van der Waals surface area contributed by atoms with Crippen LogP contribution in [0.1, 0.15) is 33.6 Å². The molecule has 0 aromatic heterocycles. The van der Waals surface area contributed by atoms with Crippen LogP contribution in [0.15, 0.2) is 24.3 Å². The first-order valence-corrected chi connectivity index (χ1v) is 5.30. The summed E-state index contributed by atoms with van der Waals surface area (Å²) in [5.74, 6) is -0.895. The number of carbonyl (C=O) groups excluding carboxylic acids is 3.